The Morgan fingerprint density at radius 1 is 1.15 bits per heavy atom. The third-order valence-corrected chi connectivity index (χ3v) is 3.67. The normalized spacial score (nSPS) is 28.7. The first-order valence-electron chi connectivity index (χ1n) is 5.16. The monoisotopic (exact) mass is 181 g/mol. The summed E-state index contributed by atoms with van der Waals surface area (Å²) in [6, 6.07) is 0. The maximum Gasteiger partial charge on any atom is 0.0161 e. The standard InChI is InChI=1S/C12H23N/c1-7-10-8-11(2,3)13(6)12(4,5)9-10/h7,10H,1,8-9H2,2-6H3. The molecule has 0 bridgehead atoms. The lowest BCUT2D eigenvalue weighted by molar-refractivity contribution is -0.0193. The molecule has 1 heterocycles. The molecule has 1 nitrogen and oxygen atoms in total. The molecule has 0 aromatic rings. The number of hydrogen-bond acceptors (Lipinski definition) is 1. The van der Waals surface area contributed by atoms with Gasteiger partial charge in [0.15, 0.2) is 0 Å². The summed E-state index contributed by atoms with van der Waals surface area (Å²) in [6.45, 7) is 13.2. The second-order valence-corrected chi connectivity index (χ2v) is 5.59. The van der Waals surface area contributed by atoms with E-state index in [9.17, 15) is 0 Å². The van der Waals surface area contributed by atoms with E-state index in [4.69, 9.17) is 0 Å². The minimum absolute atomic E-state index is 0.306. The zero-order valence-electron chi connectivity index (χ0n) is 9.72. The molecule has 0 saturated carbocycles. The Kier molecular flexibility index (Phi) is 2.59. The lowest BCUT2D eigenvalue weighted by Crippen LogP contribution is -2.58. The van der Waals surface area contributed by atoms with Gasteiger partial charge in [0.25, 0.3) is 0 Å². The van der Waals surface area contributed by atoms with Gasteiger partial charge in [-0.2, -0.15) is 0 Å². The van der Waals surface area contributed by atoms with Crippen molar-refractivity contribution in [1.82, 2.24) is 4.90 Å². The van der Waals surface area contributed by atoms with Crippen LogP contribution >= 0.6 is 0 Å². The van der Waals surface area contributed by atoms with Gasteiger partial charge < -0.3 is 0 Å². The summed E-state index contributed by atoms with van der Waals surface area (Å²) >= 11 is 0. The molecule has 0 radical (unpaired) electrons. The Hall–Kier alpha value is -0.300. The highest BCUT2D eigenvalue weighted by atomic mass is 15.2. The van der Waals surface area contributed by atoms with Gasteiger partial charge >= 0.3 is 0 Å². The van der Waals surface area contributed by atoms with Crippen LogP contribution in [-0.4, -0.2) is 23.0 Å². The molecule has 1 aliphatic heterocycles. The predicted octanol–water partition coefficient (Wildman–Crippen LogP) is 3.07. The third-order valence-electron chi connectivity index (χ3n) is 3.67. The second kappa shape index (κ2) is 3.13. The molecule has 0 aromatic heterocycles. The quantitative estimate of drug-likeness (QED) is 0.562. The Morgan fingerprint density at radius 3 is 1.85 bits per heavy atom. The molecule has 1 rings (SSSR count). The number of likely N-dealkylation sites (tertiary alicyclic amines) is 1. The van der Waals surface area contributed by atoms with E-state index in [1.165, 1.54) is 12.8 Å². The van der Waals surface area contributed by atoms with E-state index in [1.807, 2.05) is 0 Å². The Labute approximate surface area is 82.8 Å². The highest BCUT2D eigenvalue weighted by Crippen LogP contribution is 2.40. The van der Waals surface area contributed by atoms with Gasteiger partial charge in [-0.25, -0.2) is 0 Å². The lowest BCUT2D eigenvalue weighted by atomic mass is 9.74. The van der Waals surface area contributed by atoms with Gasteiger partial charge in [0, 0.05) is 11.1 Å². The van der Waals surface area contributed by atoms with Gasteiger partial charge in [0.1, 0.15) is 0 Å². The first-order valence-corrected chi connectivity index (χ1v) is 5.16. The van der Waals surface area contributed by atoms with Gasteiger partial charge in [0.2, 0.25) is 0 Å². The smallest absolute Gasteiger partial charge is 0.0161 e. The largest absolute Gasteiger partial charge is 0.296 e. The molecule has 1 aliphatic rings. The molecular weight excluding hydrogens is 158 g/mol. The Balaban J connectivity index is 2.88. The summed E-state index contributed by atoms with van der Waals surface area (Å²) in [5, 5.41) is 0. The number of allylic oxidation sites excluding steroid dienone is 1. The van der Waals surface area contributed by atoms with Crippen LogP contribution < -0.4 is 0 Å². The van der Waals surface area contributed by atoms with Crippen LogP contribution in [0.25, 0.3) is 0 Å². The lowest BCUT2D eigenvalue weighted by Gasteiger charge is -2.53. The molecule has 0 spiro atoms. The summed E-state index contributed by atoms with van der Waals surface area (Å²) in [4.78, 5) is 2.50. The van der Waals surface area contributed by atoms with Crippen LogP contribution in [-0.2, 0) is 0 Å². The van der Waals surface area contributed by atoms with Crippen molar-refractivity contribution in [2.24, 2.45) is 5.92 Å². The molecule has 0 aromatic carbocycles. The number of nitrogens with zero attached hydrogens (tertiary/aromatic N) is 1. The molecule has 13 heavy (non-hydrogen) atoms. The molecule has 1 saturated heterocycles. The van der Waals surface area contributed by atoms with Crippen molar-refractivity contribution in [3.05, 3.63) is 12.7 Å². The topological polar surface area (TPSA) is 3.24 Å². The van der Waals surface area contributed by atoms with E-state index >= 15 is 0 Å². The van der Waals surface area contributed by atoms with Crippen LogP contribution in [0.5, 0.6) is 0 Å². The van der Waals surface area contributed by atoms with E-state index < -0.39 is 0 Å². The molecule has 0 N–H and O–H groups in total. The summed E-state index contributed by atoms with van der Waals surface area (Å²) in [5.41, 5.74) is 0.612. The maximum atomic E-state index is 3.92. The van der Waals surface area contributed by atoms with Gasteiger partial charge in [-0.1, -0.05) is 6.08 Å². The van der Waals surface area contributed by atoms with Crippen LogP contribution in [0.2, 0.25) is 0 Å². The minimum atomic E-state index is 0.306. The fraction of sp³-hybridized carbons (Fsp3) is 0.833. The summed E-state index contributed by atoms with van der Waals surface area (Å²) in [7, 11) is 2.24. The fourth-order valence-electron chi connectivity index (χ4n) is 2.62. The average Bonchev–Trinajstić information content (AvgIpc) is 1.99. The Bertz CT molecular complexity index is 185. The highest BCUT2D eigenvalue weighted by Gasteiger charge is 2.41. The zero-order chi connectivity index (χ0) is 10.3. The molecule has 0 amide bonds. The SMILES string of the molecule is C=CC1CC(C)(C)N(C)C(C)(C)C1. The zero-order valence-corrected chi connectivity index (χ0v) is 9.72. The fourth-order valence-corrected chi connectivity index (χ4v) is 2.62. The second-order valence-electron chi connectivity index (χ2n) is 5.59. The third kappa shape index (κ3) is 1.96. The first-order chi connectivity index (χ1) is 5.79. The van der Waals surface area contributed by atoms with E-state index in [-0.39, 0.29) is 0 Å². The van der Waals surface area contributed by atoms with E-state index in [0.29, 0.717) is 17.0 Å². The maximum absolute atomic E-state index is 3.92. The highest BCUT2D eigenvalue weighted by molar-refractivity contribution is 5.02. The number of hydrogen-bond donors (Lipinski definition) is 0. The van der Waals surface area contributed by atoms with Crippen LogP contribution in [0, 0.1) is 5.92 Å². The molecule has 0 aliphatic carbocycles. The molecule has 0 atom stereocenters. The summed E-state index contributed by atoms with van der Waals surface area (Å²) < 4.78 is 0. The summed E-state index contributed by atoms with van der Waals surface area (Å²) in [5.74, 6) is 0.682. The van der Waals surface area contributed by atoms with Crippen molar-refractivity contribution in [3.63, 3.8) is 0 Å². The van der Waals surface area contributed by atoms with Crippen molar-refractivity contribution in [1.29, 1.82) is 0 Å². The van der Waals surface area contributed by atoms with Gasteiger partial charge in [-0.15, -0.1) is 6.58 Å². The van der Waals surface area contributed by atoms with Crippen LogP contribution in [0.3, 0.4) is 0 Å². The molecule has 76 valence electrons. The van der Waals surface area contributed by atoms with E-state index in [2.05, 4.69) is 52.3 Å². The molecular formula is C12H23N. The van der Waals surface area contributed by atoms with Crippen LogP contribution in [0.15, 0.2) is 12.7 Å². The van der Waals surface area contributed by atoms with Crippen molar-refractivity contribution in [2.75, 3.05) is 7.05 Å². The van der Waals surface area contributed by atoms with Crippen LogP contribution in [0.1, 0.15) is 40.5 Å². The molecule has 1 heteroatoms. The average molecular weight is 181 g/mol. The van der Waals surface area contributed by atoms with Gasteiger partial charge in [-0.3, -0.25) is 4.90 Å². The van der Waals surface area contributed by atoms with Crippen molar-refractivity contribution in [2.45, 2.75) is 51.6 Å². The summed E-state index contributed by atoms with van der Waals surface area (Å²) in [6.07, 6.45) is 4.59. The first kappa shape index (κ1) is 10.8. The van der Waals surface area contributed by atoms with Crippen LogP contribution in [0.4, 0.5) is 0 Å². The molecule has 0 unspecified atom stereocenters. The minimum Gasteiger partial charge on any atom is -0.296 e. The van der Waals surface area contributed by atoms with E-state index in [0.717, 1.165) is 0 Å². The van der Waals surface area contributed by atoms with Gasteiger partial charge in [0.05, 0.1) is 0 Å². The predicted molar refractivity (Wildman–Crippen MR) is 58.8 cm³/mol. The van der Waals surface area contributed by atoms with Crippen molar-refractivity contribution in [3.8, 4) is 0 Å². The van der Waals surface area contributed by atoms with Gasteiger partial charge in [-0.05, 0) is 53.5 Å². The number of rotatable bonds is 1. The molecule has 1 fully saturated rings. The number of piperidine rings is 1. The Morgan fingerprint density at radius 2 is 1.54 bits per heavy atom. The van der Waals surface area contributed by atoms with Crippen molar-refractivity contribution < 1.29 is 0 Å². The van der Waals surface area contributed by atoms with E-state index in [1.54, 1.807) is 0 Å². The van der Waals surface area contributed by atoms with Crippen molar-refractivity contribution >= 4 is 0 Å².